The molecule has 2 amide bonds. The second-order valence-corrected chi connectivity index (χ2v) is 17.9. The average molecular weight is 902 g/mol. The molecule has 2 aromatic rings. The van der Waals surface area contributed by atoms with Crippen molar-refractivity contribution in [2.24, 2.45) is 22.9 Å². The summed E-state index contributed by atoms with van der Waals surface area (Å²) in [6.45, 7) is 11.6. The molecule has 2 heterocycles. The van der Waals surface area contributed by atoms with Gasteiger partial charge in [0.2, 0.25) is 18.5 Å². The van der Waals surface area contributed by atoms with Crippen LogP contribution in [0.4, 0.5) is 4.79 Å². The Hall–Kier alpha value is -4.59. The Balaban J connectivity index is 1.49. The largest absolute Gasteiger partial charge is 0.459 e. The summed E-state index contributed by atoms with van der Waals surface area (Å²) in [5, 5.41) is 27.5. The first-order chi connectivity index (χ1) is 31.8. The van der Waals surface area contributed by atoms with E-state index in [1.807, 2.05) is 49.1 Å². The van der Waals surface area contributed by atoms with Crippen molar-refractivity contribution in [2.45, 2.75) is 154 Å². The van der Waals surface area contributed by atoms with Gasteiger partial charge in [-0.05, 0) is 99.3 Å². The van der Waals surface area contributed by atoms with Gasteiger partial charge < -0.3 is 49.0 Å². The van der Waals surface area contributed by atoms with E-state index in [4.69, 9.17) is 33.7 Å². The normalized spacial score (nSPS) is 23.2. The van der Waals surface area contributed by atoms with Gasteiger partial charge in [0.25, 0.3) is 0 Å². The fourth-order valence-corrected chi connectivity index (χ4v) is 10.5. The number of ether oxygens (including phenoxy) is 5. The minimum absolute atomic E-state index is 0.00537. The zero-order valence-corrected chi connectivity index (χ0v) is 39.2. The number of nitrogens with zero attached hydrogens (tertiary/aromatic N) is 2. The van der Waals surface area contributed by atoms with Crippen molar-refractivity contribution < 1.29 is 48.3 Å². The number of amides is 2. The number of aliphatic hydroxyl groups is 2. The molecule has 6 unspecified atom stereocenters. The van der Waals surface area contributed by atoms with E-state index in [-0.39, 0.29) is 56.8 Å². The van der Waals surface area contributed by atoms with Crippen LogP contribution in [-0.4, -0.2) is 84.4 Å². The van der Waals surface area contributed by atoms with Crippen molar-refractivity contribution in [1.29, 1.82) is 0 Å². The zero-order valence-electron chi connectivity index (χ0n) is 39.2. The molecular formula is C52H75N3O10. The highest BCUT2D eigenvalue weighted by Crippen LogP contribution is 2.62. The monoisotopic (exact) mass is 902 g/mol. The maximum atomic E-state index is 15.2. The molecule has 1 fully saturated rings. The molecule has 6 rings (SSSR count). The van der Waals surface area contributed by atoms with Crippen LogP contribution in [0.15, 0.2) is 65.9 Å². The Morgan fingerprint density at radius 1 is 0.892 bits per heavy atom. The predicted octanol–water partition coefficient (Wildman–Crippen LogP) is 10.1. The van der Waals surface area contributed by atoms with Gasteiger partial charge in [0.15, 0.2) is 11.5 Å². The number of carbonyl (C=O) groups is 2. The summed E-state index contributed by atoms with van der Waals surface area (Å²) in [4.78, 5) is 35.9. The summed E-state index contributed by atoms with van der Waals surface area (Å²) in [6, 6.07) is 10.7. The molecule has 0 saturated heterocycles. The van der Waals surface area contributed by atoms with Gasteiger partial charge in [0.05, 0.1) is 18.2 Å². The van der Waals surface area contributed by atoms with Crippen LogP contribution in [0.25, 0.3) is 0 Å². The fourth-order valence-electron chi connectivity index (χ4n) is 10.5. The van der Waals surface area contributed by atoms with Gasteiger partial charge in [-0.25, -0.2) is 4.79 Å². The molecular weight excluding hydrogens is 827 g/mol. The molecule has 13 heteroatoms. The highest BCUT2D eigenvalue weighted by Gasteiger charge is 2.65. The average Bonchev–Trinajstić information content (AvgIpc) is 3.78. The van der Waals surface area contributed by atoms with Gasteiger partial charge >= 0.3 is 6.09 Å². The zero-order chi connectivity index (χ0) is 46.0. The van der Waals surface area contributed by atoms with E-state index in [0.29, 0.717) is 61.8 Å². The molecule has 2 aliphatic heterocycles. The lowest BCUT2D eigenvalue weighted by Gasteiger charge is -2.60. The number of rotatable bonds is 28. The van der Waals surface area contributed by atoms with E-state index in [2.05, 4.69) is 24.9 Å². The minimum atomic E-state index is -1.42. The van der Waals surface area contributed by atoms with Crippen LogP contribution in [0.5, 0.6) is 23.0 Å². The summed E-state index contributed by atoms with van der Waals surface area (Å²) < 4.78 is 31.9. The first kappa shape index (κ1) is 49.8. The second kappa shape index (κ2) is 25.4. The Labute approximate surface area is 386 Å². The predicted molar refractivity (Wildman–Crippen MR) is 251 cm³/mol. The van der Waals surface area contributed by atoms with E-state index < -0.39 is 23.8 Å². The second-order valence-electron chi connectivity index (χ2n) is 17.9. The third-order valence-corrected chi connectivity index (χ3v) is 13.5. The molecule has 65 heavy (non-hydrogen) atoms. The van der Waals surface area contributed by atoms with Crippen LogP contribution in [0.2, 0.25) is 0 Å². The summed E-state index contributed by atoms with van der Waals surface area (Å²) in [5.41, 5.74) is 3.44. The molecule has 0 radical (unpaired) electrons. The standard InChI is InChI=1S/C52H75N3O10/c1-5-9-10-11-12-13-14-15-16-23-48(58)55(35-37-24-26-45-46(31-37)61-36-60-45)47-34-43(54-63-8-4)41-32-38(21-17-19-28-56)40(22-18-20-29-57)49-42-33-39(64-51(59)53-7-3)25-27-44(42)65-52(47,50(41)49)62-30-6-2/h6,24-27,31-33,38,40,47,49-50,56-57H,2,5,7-23,28-30,34-36H2,1,3-4H3,(H,53,59). The van der Waals surface area contributed by atoms with Crippen LogP contribution in [0, 0.1) is 17.8 Å². The maximum Gasteiger partial charge on any atom is 0.412 e. The molecule has 1 saturated carbocycles. The van der Waals surface area contributed by atoms with Gasteiger partial charge in [-0.15, -0.1) is 6.58 Å². The lowest BCUT2D eigenvalue weighted by molar-refractivity contribution is -0.258. The van der Waals surface area contributed by atoms with E-state index in [0.717, 1.165) is 67.4 Å². The van der Waals surface area contributed by atoms with Crippen LogP contribution in [0.3, 0.4) is 0 Å². The highest BCUT2D eigenvalue weighted by atomic mass is 16.7. The van der Waals surface area contributed by atoms with E-state index in [9.17, 15) is 15.0 Å². The SMILES string of the molecule is C=CCOC12Oc3ccc(OC(=O)NCC)cc3C3C(CCCCO)C(CCCCO)C=C(C(=NOCC)CC1N(Cc1ccc4c(c1)OCO4)C(=O)CCCCCCCCCCC)C32. The van der Waals surface area contributed by atoms with Crippen LogP contribution < -0.4 is 24.3 Å². The molecule has 13 nitrogen and oxygen atoms in total. The number of unbranched alkanes of at least 4 members (excludes halogenated alkanes) is 10. The molecule has 4 aliphatic rings. The van der Waals surface area contributed by atoms with Gasteiger partial charge in [0.1, 0.15) is 24.1 Å². The molecule has 2 aliphatic carbocycles. The summed E-state index contributed by atoms with van der Waals surface area (Å²) >= 11 is 0. The van der Waals surface area contributed by atoms with Crippen LogP contribution in [0.1, 0.15) is 147 Å². The molecule has 6 atom stereocenters. The van der Waals surface area contributed by atoms with E-state index in [1.54, 1.807) is 12.1 Å². The maximum absolute atomic E-state index is 15.2. The van der Waals surface area contributed by atoms with Gasteiger partial charge in [-0.2, -0.15) is 0 Å². The van der Waals surface area contributed by atoms with Crippen molar-refractivity contribution in [1.82, 2.24) is 10.2 Å². The quantitative estimate of drug-likeness (QED) is 0.0427. The molecule has 0 aromatic heterocycles. The van der Waals surface area contributed by atoms with Crippen molar-refractivity contribution in [2.75, 3.05) is 39.8 Å². The minimum Gasteiger partial charge on any atom is -0.459 e. The molecule has 0 spiro atoms. The lowest BCUT2D eigenvalue weighted by atomic mass is 9.55. The number of aliphatic hydroxyl groups excluding tert-OH is 2. The molecule has 3 N–H and O–H groups in total. The van der Waals surface area contributed by atoms with Crippen molar-refractivity contribution >= 4 is 17.7 Å². The Kier molecular flexibility index (Phi) is 19.4. The summed E-state index contributed by atoms with van der Waals surface area (Å²) in [6.07, 6.45) is 18.9. The number of fused-ring (bicyclic) bond motifs is 3. The lowest BCUT2D eigenvalue weighted by Crippen LogP contribution is -2.70. The number of nitrogens with one attached hydrogen (secondary N) is 1. The number of allylic oxidation sites excluding steroid dienone is 1. The van der Waals surface area contributed by atoms with Crippen molar-refractivity contribution in [3.63, 3.8) is 0 Å². The summed E-state index contributed by atoms with van der Waals surface area (Å²) in [7, 11) is 0. The molecule has 0 bridgehead atoms. The smallest absolute Gasteiger partial charge is 0.412 e. The van der Waals surface area contributed by atoms with Crippen molar-refractivity contribution in [3.05, 3.63) is 71.8 Å². The Morgan fingerprint density at radius 2 is 1.62 bits per heavy atom. The Morgan fingerprint density at radius 3 is 2.34 bits per heavy atom. The molecule has 2 aromatic carbocycles. The molecule has 358 valence electrons. The first-order valence-electron chi connectivity index (χ1n) is 24.7. The van der Waals surface area contributed by atoms with Gasteiger partial charge in [-0.1, -0.05) is 94.5 Å². The number of hydrogen-bond donors (Lipinski definition) is 3. The number of benzene rings is 2. The number of carbonyl (C=O) groups excluding carboxylic acids is 2. The summed E-state index contributed by atoms with van der Waals surface area (Å²) in [5.74, 6) is 0.201. The van der Waals surface area contributed by atoms with Crippen LogP contribution in [-0.2, 0) is 20.9 Å². The van der Waals surface area contributed by atoms with E-state index in [1.165, 1.54) is 38.5 Å². The van der Waals surface area contributed by atoms with Gasteiger partial charge in [0, 0.05) is 50.6 Å². The third kappa shape index (κ3) is 12.5. The first-order valence-corrected chi connectivity index (χ1v) is 24.7. The number of hydrogen-bond acceptors (Lipinski definition) is 11. The van der Waals surface area contributed by atoms with E-state index >= 15 is 4.79 Å². The van der Waals surface area contributed by atoms with Crippen LogP contribution >= 0.6 is 0 Å². The Bertz CT molecular complexity index is 1920. The third-order valence-electron chi connectivity index (χ3n) is 13.5. The van der Waals surface area contributed by atoms with Crippen molar-refractivity contribution in [3.8, 4) is 23.0 Å². The van der Waals surface area contributed by atoms with Gasteiger partial charge in [-0.3, -0.25) is 4.79 Å². The fraction of sp³-hybridized carbons (Fsp3) is 0.635. The highest BCUT2D eigenvalue weighted by molar-refractivity contribution is 6.03. The number of oxime groups is 1. The topological polar surface area (TPSA) is 158 Å².